The second-order valence-electron chi connectivity index (χ2n) is 4.64. The summed E-state index contributed by atoms with van der Waals surface area (Å²) in [7, 11) is 0. The topological polar surface area (TPSA) is 37.3 Å². The van der Waals surface area contributed by atoms with Gasteiger partial charge in [-0.25, -0.2) is 4.79 Å². The summed E-state index contributed by atoms with van der Waals surface area (Å²) in [5.74, 6) is -0.913. The molecule has 2 aromatic rings. The lowest BCUT2D eigenvalue weighted by atomic mass is 10.0. The van der Waals surface area contributed by atoms with Crippen LogP contribution in [0.25, 0.3) is 11.6 Å². The quantitative estimate of drug-likeness (QED) is 0.664. The zero-order chi connectivity index (χ0) is 13.8. The minimum atomic E-state index is -0.913. The van der Waals surface area contributed by atoms with Crippen molar-refractivity contribution < 1.29 is 9.90 Å². The Morgan fingerprint density at radius 2 is 1.37 bits per heavy atom. The van der Waals surface area contributed by atoms with Crippen LogP contribution in [0.5, 0.6) is 0 Å². The van der Waals surface area contributed by atoms with Gasteiger partial charge in [0.1, 0.15) is 0 Å². The molecule has 0 aliphatic heterocycles. The summed E-state index contributed by atoms with van der Waals surface area (Å²) in [6.07, 6.45) is 1.70. The van der Waals surface area contributed by atoms with Gasteiger partial charge >= 0.3 is 5.97 Å². The number of aliphatic carboxylic acids is 1. The third-order valence-corrected chi connectivity index (χ3v) is 2.98. The highest BCUT2D eigenvalue weighted by Gasteiger charge is 2.09. The molecule has 2 nitrogen and oxygen atoms in total. The normalized spacial score (nSPS) is 11.4. The van der Waals surface area contributed by atoms with Gasteiger partial charge in [0.15, 0.2) is 0 Å². The van der Waals surface area contributed by atoms with Crippen molar-refractivity contribution in [2.75, 3.05) is 0 Å². The number of hydrogen-bond donors (Lipinski definition) is 1. The maximum absolute atomic E-state index is 11.4. The number of aryl methyl sites for hydroxylation is 2. The minimum absolute atomic E-state index is 0.309. The molecule has 0 saturated heterocycles. The molecule has 0 heterocycles. The predicted molar refractivity (Wildman–Crippen MR) is 77.9 cm³/mol. The number of carboxylic acid groups (broad SMARTS) is 1. The van der Waals surface area contributed by atoms with Gasteiger partial charge in [-0.05, 0) is 31.1 Å². The molecule has 1 N–H and O–H groups in total. The largest absolute Gasteiger partial charge is 0.478 e. The van der Waals surface area contributed by atoms with E-state index in [9.17, 15) is 9.90 Å². The molecule has 2 heteroatoms. The van der Waals surface area contributed by atoms with Crippen molar-refractivity contribution in [3.8, 4) is 0 Å². The fraction of sp³-hybridized carbons (Fsp3) is 0.118. The van der Waals surface area contributed by atoms with Crippen LogP contribution in [-0.4, -0.2) is 11.1 Å². The van der Waals surface area contributed by atoms with Gasteiger partial charge in [-0.3, -0.25) is 0 Å². The van der Waals surface area contributed by atoms with Gasteiger partial charge in [-0.15, -0.1) is 0 Å². The molecule has 0 aliphatic carbocycles. The van der Waals surface area contributed by atoms with Crippen molar-refractivity contribution >= 4 is 17.6 Å². The lowest BCUT2D eigenvalue weighted by Gasteiger charge is -2.04. The number of carbonyl (C=O) groups is 1. The van der Waals surface area contributed by atoms with E-state index in [0.29, 0.717) is 5.57 Å². The summed E-state index contributed by atoms with van der Waals surface area (Å²) in [6.45, 7) is 3.99. The number of hydrogen-bond acceptors (Lipinski definition) is 1. The van der Waals surface area contributed by atoms with Gasteiger partial charge in [0.2, 0.25) is 0 Å². The van der Waals surface area contributed by atoms with Crippen LogP contribution < -0.4 is 0 Å². The Balaban J connectivity index is 2.43. The van der Waals surface area contributed by atoms with E-state index in [1.807, 2.05) is 62.4 Å². The van der Waals surface area contributed by atoms with Crippen molar-refractivity contribution in [1.29, 1.82) is 0 Å². The van der Waals surface area contributed by atoms with E-state index in [-0.39, 0.29) is 0 Å². The minimum Gasteiger partial charge on any atom is -0.478 e. The van der Waals surface area contributed by atoms with Gasteiger partial charge in [0, 0.05) is 0 Å². The maximum Gasteiger partial charge on any atom is 0.336 e. The maximum atomic E-state index is 11.4. The van der Waals surface area contributed by atoms with E-state index in [4.69, 9.17) is 0 Å². The van der Waals surface area contributed by atoms with E-state index >= 15 is 0 Å². The van der Waals surface area contributed by atoms with Crippen LogP contribution in [0.1, 0.15) is 22.3 Å². The van der Waals surface area contributed by atoms with Crippen LogP contribution in [0.2, 0.25) is 0 Å². The summed E-state index contributed by atoms with van der Waals surface area (Å²) in [5.41, 5.74) is 4.19. The molecule has 2 aromatic carbocycles. The van der Waals surface area contributed by atoms with E-state index in [2.05, 4.69) is 0 Å². The zero-order valence-corrected chi connectivity index (χ0v) is 11.1. The summed E-state index contributed by atoms with van der Waals surface area (Å²) < 4.78 is 0. The molecular weight excluding hydrogens is 236 g/mol. The zero-order valence-electron chi connectivity index (χ0n) is 11.1. The molecule has 0 saturated carbocycles. The Bertz CT molecular complexity index is 605. The van der Waals surface area contributed by atoms with Gasteiger partial charge in [0.25, 0.3) is 0 Å². The van der Waals surface area contributed by atoms with E-state index in [1.54, 1.807) is 6.08 Å². The Morgan fingerprint density at radius 3 is 1.84 bits per heavy atom. The molecule has 0 bridgehead atoms. The van der Waals surface area contributed by atoms with Crippen LogP contribution in [0, 0.1) is 13.8 Å². The Labute approximate surface area is 113 Å². The highest BCUT2D eigenvalue weighted by atomic mass is 16.4. The molecular formula is C17H16O2. The van der Waals surface area contributed by atoms with Crippen LogP contribution in [0.15, 0.2) is 48.5 Å². The van der Waals surface area contributed by atoms with Crippen molar-refractivity contribution in [2.24, 2.45) is 0 Å². The molecule has 0 fully saturated rings. The molecule has 0 atom stereocenters. The first kappa shape index (κ1) is 13.1. The van der Waals surface area contributed by atoms with Crippen molar-refractivity contribution in [2.45, 2.75) is 13.8 Å². The van der Waals surface area contributed by atoms with Crippen LogP contribution in [-0.2, 0) is 4.79 Å². The Kier molecular flexibility index (Phi) is 3.81. The average Bonchev–Trinajstić information content (AvgIpc) is 2.39. The van der Waals surface area contributed by atoms with Crippen molar-refractivity contribution in [3.63, 3.8) is 0 Å². The third kappa shape index (κ3) is 3.32. The first-order chi connectivity index (χ1) is 9.06. The Hall–Kier alpha value is -2.35. The van der Waals surface area contributed by atoms with Gasteiger partial charge in [-0.1, -0.05) is 59.7 Å². The first-order valence-electron chi connectivity index (χ1n) is 6.15. The fourth-order valence-electron chi connectivity index (χ4n) is 1.83. The fourth-order valence-corrected chi connectivity index (χ4v) is 1.83. The highest BCUT2D eigenvalue weighted by molar-refractivity contribution is 6.20. The molecule has 0 amide bonds. The summed E-state index contributed by atoms with van der Waals surface area (Å²) in [5, 5.41) is 9.34. The molecule has 0 spiro atoms. The Morgan fingerprint density at radius 1 is 0.895 bits per heavy atom. The second kappa shape index (κ2) is 5.53. The number of rotatable bonds is 3. The predicted octanol–water partition coefficient (Wildman–Crippen LogP) is 3.93. The van der Waals surface area contributed by atoms with Crippen LogP contribution in [0.4, 0.5) is 0 Å². The monoisotopic (exact) mass is 252 g/mol. The van der Waals surface area contributed by atoms with E-state index < -0.39 is 5.97 Å². The van der Waals surface area contributed by atoms with Crippen molar-refractivity contribution in [1.82, 2.24) is 0 Å². The van der Waals surface area contributed by atoms with Crippen molar-refractivity contribution in [3.05, 3.63) is 70.8 Å². The standard InChI is InChI=1S/C17H16O2/c1-12-3-7-14(8-4-12)11-16(17(18)19)15-9-5-13(2)6-10-15/h3-11H,1-2H3,(H,18,19). The molecule has 2 rings (SSSR count). The molecule has 0 aliphatic rings. The SMILES string of the molecule is Cc1ccc(C=C(C(=O)O)c2ccc(C)cc2)cc1. The summed E-state index contributed by atoms with van der Waals surface area (Å²) in [6, 6.07) is 15.3. The molecule has 96 valence electrons. The highest BCUT2D eigenvalue weighted by Crippen LogP contribution is 2.19. The molecule has 0 radical (unpaired) electrons. The average molecular weight is 252 g/mol. The van der Waals surface area contributed by atoms with Crippen LogP contribution in [0.3, 0.4) is 0 Å². The number of benzene rings is 2. The van der Waals surface area contributed by atoms with E-state index in [1.165, 1.54) is 0 Å². The van der Waals surface area contributed by atoms with Gasteiger partial charge in [-0.2, -0.15) is 0 Å². The van der Waals surface area contributed by atoms with E-state index in [0.717, 1.165) is 22.3 Å². The first-order valence-corrected chi connectivity index (χ1v) is 6.15. The summed E-state index contributed by atoms with van der Waals surface area (Å²) in [4.78, 5) is 11.4. The lowest BCUT2D eigenvalue weighted by molar-refractivity contribution is -0.130. The smallest absolute Gasteiger partial charge is 0.336 e. The third-order valence-electron chi connectivity index (χ3n) is 2.98. The second-order valence-corrected chi connectivity index (χ2v) is 4.64. The molecule has 19 heavy (non-hydrogen) atoms. The summed E-state index contributed by atoms with van der Waals surface area (Å²) >= 11 is 0. The van der Waals surface area contributed by atoms with Gasteiger partial charge in [0.05, 0.1) is 5.57 Å². The number of carboxylic acids is 1. The lowest BCUT2D eigenvalue weighted by Crippen LogP contribution is -1.99. The molecule has 0 aromatic heterocycles. The molecule has 0 unspecified atom stereocenters. The van der Waals surface area contributed by atoms with Crippen LogP contribution >= 0.6 is 0 Å². The van der Waals surface area contributed by atoms with Gasteiger partial charge < -0.3 is 5.11 Å².